The van der Waals surface area contributed by atoms with Crippen molar-refractivity contribution in [1.29, 1.82) is 0 Å². The molecule has 1 aromatic carbocycles. The molecular formula is C18H19N3O3. The number of aryl methyl sites for hydroxylation is 3. The van der Waals surface area contributed by atoms with Crippen LogP contribution in [0.4, 0.5) is 11.5 Å². The zero-order valence-corrected chi connectivity index (χ0v) is 13.5. The van der Waals surface area contributed by atoms with Crippen LogP contribution in [0.2, 0.25) is 0 Å². The molecule has 0 bridgehead atoms. The first-order chi connectivity index (χ1) is 11.6. The number of fused-ring (bicyclic) bond motifs is 1. The summed E-state index contributed by atoms with van der Waals surface area (Å²) in [5.41, 5.74) is 3.60. The Bertz CT molecular complexity index is 812. The fourth-order valence-corrected chi connectivity index (χ4v) is 3.51. The van der Waals surface area contributed by atoms with Gasteiger partial charge in [-0.1, -0.05) is 11.2 Å². The first-order valence-corrected chi connectivity index (χ1v) is 8.26. The highest BCUT2D eigenvalue weighted by atomic mass is 16.5. The number of aromatic nitrogens is 1. The lowest BCUT2D eigenvalue weighted by molar-refractivity contribution is -0.122. The van der Waals surface area contributed by atoms with E-state index >= 15 is 0 Å². The molecule has 124 valence electrons. The Morgan fingerprint density at radius 1 is 1.29 bits per heavy atom. The number of nitrogens with zero attached hydrogens (tertiary/aromatic N) is 2. The maximum atomic E-state index is 12.4. The van der Waals surface area contributed by atoms with Crippen molar-refractivity contribution in [2.45, 2.75) is 32.6 Å². The van der Waals surface area contributed by atoms with Gasteiger partial charge in [-0.3, -0.25) is 9.59 Å². The van der Waals surface area contributed by atoms with Crippen molar-refractivity contribution >= 4 is 23.3 Å². The van der Waals surface area contributed by atoms with Crippen LogP contribution in [0.25, 0.3) is 0 Å². The Morgan fingerprint density at radius 2 is 2.12 bits per heavy atom. The molecule has 1 fully saturated rings. The Labute approximate surface area is 139 Å². The van der Waals surface area contributed by atoms with Gasteiger partial charge in [-0.25, -0.2) is 0 Å². The van der Waals surface area contributed by atoms with Crippen molar-refractivity contribution in [2.75, 3.05) is 16.8 Å². The third-order valence-corrected chi connectivity index (χ3v) is 4.77. The van der Waals surface area contributed by atoms with Gasteiger partial charge >= 0.3 is 0 Å². The quantitative estimate of drug-likeness (QED) is 0.940. The highest BCUT2D eigenvalue weighted by molar-refractivity contribution is 6.03. The molecule has 4 rings (SSSR count). The molecule has 6 nitrogen and oxygen atoms in total. The van der Waals surface area contributed by atoms with Crippen LogP contribution >= 0.6 is 0 Å². The highest BCUT2D eigenvalue weighted by Gasteiger charge is 2.35. The largest absolute Gasteiger partial charge is 0.360 e. The fraction of sp³-hybridized carbons (Fsp3) is 0.389. The number of hydrogen-bond acceptors (Lipinski definition) is 4. The lowest BCUT2D eigenvalue weighted by atomic mass is 10.1. The minimum atomic E-state index is -0.372. The molecule has 0 radical (unpaired) electrons. The predicted molar refractivity (Wildman–Crippen MR) is 88.8 cm³/mol. The topological polar surface area (TPSA) is 75.4 Å². The molecule has 2 amide bonds. The summed E-state index contributed by atoms with van der Waals surface area (Å²) in [6.45, 7) is 2.16. The molecule has 1 atom stereocenters. The molecule has 1 aromatic heterocycles. The summed E-state index contributed by atoms with van der Waals surface area (Å²) in [7, 11) is 0. The van der Waals surface area contributed by atoms with Gasteiger partial charge in [0.25, 0.3) is 0 Å². The van der Waals surface area contributed by atoms with Crippen molar-refractivity contribution in [2.24, 2.45) is 5.92 Å². The second-order valence-corrected chi connectivity index (χ2v) is 6.52. The summed E-state index contributed by atoms with van der Waals surface area (Å²) in [6, 6.07) is 7.86. The maximum Gasteiger partial charge on any atom is 0.231 e. The first kappa shape index (κ1) is 14.9. The Morgan fingerprint density at radius 3 is 2.92 bits per heavy atom. The number of hydrogen-bond donors (Lipinski definition) is 1. The molecule has 1 aliphatic heterocycles. The van der Waals surface area contributed by atoms with Gasteiger partial charge in [0.05, 0.1) is 5.92 Å². The molecule has 0 unspecified atom stereocenters. The maximum absolute atomic E-state index is 12.4. The average Bonchev–Trinajstić information content (AvgIpc) is 3.26. The molecule has 1 saturated heterocycles. The fourth-order valence-electron chi connectivity index (χ4n) is 3.51. The standard InChI is InChI=1S/C18H19N3O3/c1-11-7-16(20-24-11)19-18(23)14-9-17(22)21(10-14)15-6-5-12-3-2-4-13(12)8-15/h5-8,14H,2-4,9-10H2,1H3,(H,19,20,23)/t14-/m0/s1. The van der Waals surface area contributed by atoms with Crippen LogP contribution < -0.4 is 10.2 Å². The predicted octanol–water partition coefficient (Wildman–Crippen LogP) is 2.46. The molecule has 0 spiro atoms. The van der Waals surface area contributed by atoms with Gasteiger partial charge in [0.2, 0.25) is 11.8 Å². The van der Waals surface area contributed by atoms with Crippen LogP contribution in [0.15, 0.2) is 28.8 Å². The second kappa shape index (κ2) is 5.78. The van der Waals surface area contributed by atoms with Crippen LogP contribution in [0, 0.1) is 12.8 Å². The van der Waals surface area contributed by atoms with Gasteiger partial charge in [0.1, 0.15) is 5.76 Å². The lowest BCUT2D eigenvalue weighted by Crippen LogP contribution is -2.28. The molecule has 24 heavy (non-hydrogen) atoms. The van der Waals surface area contributed by atoms with Crippen molar-refractivity contribution in [1.82, 2.24) is 5.16 Å². The summed E-state index contributed by atoms with van der Waals surface area (Å²) in [5.74, 6) is 0.445. The van der Waals surface area contributed by atoms with E-state index in [0.29, 0.717) is 18.1 Å². The summed E-state index contributed by atoms with van der Waals surface area (Å²) in [4.78, 5) is 26.4. The van der Waals surface area contributed by atoms with E-state index in [1.807, 2.05) is 6.07 Å². The van der Waals surface area contributed by atoms with Gasteiger partial charge in [-0.2, -0.15) is 0 Å². The van der Waals surface area contributed by atoms with E-state index in [0.717, 1.165) is 18.5 Å². The lowest BCUT2D eigenvalue weighted by Gasteiger charge is -2.17. The van der Waals surface area contributed by atoms with Crippen molar-refractivity contribution in [3.05, 3.63) is 41.2 Å². The van der Waals surface area contributed by atoms with E-state index in [-0.39, 0.29) is 24.2 Å². The molecule has 1 aliphatic carbocycles. The molecule has 0 saturated carbocycles. The zero-order chi connectivity index (χ0) is 16.7. The summed E-state index contributed by atoms with van der Waals surface area (Å²) < 4.78 is 4.94. The van der Waals surface area contributed by atoms with Gasteiger partial charge in [-0.05, 0) is 49.4 Å². The number of amides is 2. The van der Waals surface area contributed by atoms with Crippen LogP contribution in [0.3, 0.4) is 0 Å². The minimum absolute atomic E-state index is 0.00979. The van der Waals surface area contributed by atoms with Gasteiger partial charge in [-0.15, -0.1) is 0 Å². The number of carbonyl (C=O) groups excluding carboxylic acids is 2. The number of carbonyl (C=O) groups is 2. The Kier molecular flexibility index (Phi) is 3.59. The van der Waals surface area contributed by atoms with Crippen LogP contribution in [0.1, 0.15) is 29.7 Å². The van der Waals surface area contributed by atoms with Crippen molar-refractivity contribution in [3.63, 3.8) is 0 Å². The monoisotopic (exact) mass is 325 g/mol. The minimum Gasteiger partial charge on any atom is -0.360 e. The van der Waals surface area contributed by atoms with E-state index in [1.165, 1.54) is 17.5 Å². The van der Waals surface area contributed by atoms with Gasteiger partial charge in [0.15, 0.2) is 5.82 Å². The van der Waals surface area contributed by atoms with E-state index in [9.17, 15) is 9.59 Å². The Balaban J connectivity index is 1.47. The van der Waals surface area contributed by atoms with Crippen molar-refractivity contribution in [3.8, 4) is 0 Å². The van der Waals surface area contributed by atoms with E-state index in [4.69, 9.17) is 4.52 Å². The van der Waals surface area contributed by atoms with E-state index < -0.39 is 0 Å². The highest BCUT2D eigenvalue weighted by Crippen LogP contribution is 2.30. The summed E-state index contributed by atoms with van der Waals surface area (Å²) in [5, 5.41) is 6.47. The first-order valence-electron chi connectivity index (χ1n) is 8.26. The van der Waals surface area contributed by atoms with Crippen LogP contribution in [-0.2, 0) is 22.4 Å². The molecule has 2 heterocycles. The number of benzene rings is 1. The SMILES string of the molecule is Cc1cc(NC(=O)[C@H]2CC(=O)N(c3ccc4c(c3)CCC4)C2)no1. The number of rotatable bonds is 3. The number of nitrogens with one attached hydrogen (secondary N) is 1. The molecule has 1 N–H and O–H groups in total. The Hall–Kier alpha value is -2.63. The summed E-state index contributed by atoms with van der Waals surface area (Å²) in [6.07, 6.45) is 3.58. The van der Waals surface area contributed by atoms with E-state index in [2.05, 4.69) is 22.6 Å². The van der Waals surface area contributed by atoms with Gasteiger partial charge < -0.3 is 14.7 Å². The van der Waals surface area contributed by atoms with Crippen LogP contribution in [0.5, 0.6) is 0 Å². The third kappa shape index (κ3) is 2.68. The second-order valence-electron chi connectivity index (χ2n) is 6.52. The molecule has 6 heteroatoms. The number of anilines is 2. The average molecular weight is 325 g/mol. The van der Waals surface area contributed by atoms with Crippen molar-refractivity contribution < 1.29 is 14.1 Å². The van der Waals surface area contributed by atoms with Gasteiger partial charge in [0, 0.05) is 24.7 Å². The molecular weight excluding hydrogens is 306 g/mol. The summed E-state index contributed by atoms with van der Waals surface area (Å²) >= 11 is 0. The zero-order valence-electron chi connectivity index (χ0n) is 13.5. The van der Waals surface area contributed by atoms with Crippen LogP contribution in [-0.4, -0.2) is 23.5 Å². The molecule has 2 aliphatic rings. The molecule has 2 aromatic rings. The third-order valence-electron chi connectivity index (χ3n) is 4.77. The smallest absolute Gasteiger partial charge is 0.231 e. The normalized spacial score (nSPS) is 19.6. The van der Waals surface area contributed by atoms with E-state index in [1.54, 1.807) is 17.9 Å².